The van der Waals surface area contributed by atoms with Crippen LogP contribution in [0.15, 0.2) is 24.3 Å². The van der Waals surface area contributed by atoms with Crippen molar-refractivity contribution in [2.24, 2.45) is 5.92 Å². The molecule has 2 aromatic rings. The molecule has 0 unspecified atom stereocenters. The van der Waals surface area contributed by atoms with Gasteiger partial charge in [0.15, 0.2) is 0 Å². The van der Waals surface area contributed by atoms with E-state index in [-0.39, 0.29) is 17.7 Å². The molecule has 1 saturated carbocycles. The minimum Gasteiger partial charge on any atom is -0.339 e. The van der Waals surface area contributed by atoms with Crippen molar-refractivity contribution in [2.45, 2.75) is 32.6 Å². The zero-order chi connectivity index (χ0) is 16.7. The van der Waals surface area contributed by atoms with Gasteiger partial charge in [0, 0.05) is 35.8 Å². The average Bonchev–Trinajstić information content (AvgIpc) is 3.28. The van der Waals surface area contributed by atoms with Crippen LogP contribution in [0.4, 0.5) is 5.69 Å². The molecule has 0 bridgehead atoms. The molecule has 2 aliphatic rings. The fourth-order valence-electron chi connectivity index (χ4n) is 3.27. The van der Waals surface area contributed by atoms with Gasteiger partial charge in [-0.05, 0) is 50.8 Å². The Morgan fingerprint density at radius 2 is 1.92 bits per heavy atom. The van der Waals surface area contributed by atoms with Crippen molar-refractivity contribution in [3.8, 4) is 0 Å². The molecular formula is C19H21N3O2. The topological polar surface area (TPSA) is 62.3 Å². The molecule has 0 spiro atoms. The van der Waals surface area contributed by atoms with E-state index in [1.807, 2.05) is 30.0 Å². The van der Waals surface area contributed by atoms with Crippen LogP contribution in [0.5, 0.6) is 0 Å². The van der Waals surface area contributed by atoms with Crippen LogP contribution in [0.3, 0.4) is 0 Å². The van der Waals surface area contributed by atoms with E-state index in [0.29, 0.717) is 11.3 Å². The van der Waals surface area contributed by atoms with Gasteiger partial charge in [-0.25, -0.2) is 0 Å². The summed E-state index contributed by atoms with van der Waals surface area (Å²) in [6.07, 6.45) is 4.02. The van der Waals surface area contributed by atoms with Crippen LogP contribution < -0.4 is 5.32 Å². The van der Waals surface area contributed by atoms with E-state index >= 15 is 0 Å². The van der Waals surface area contributed by atoms with E-state index in [4.69, 9.17) is 0 Å². The average molecular weight is 323 g/mol. The Labute approximate surface area is 141 Å². The zero-order valence-corrected chi connectivity index (χ0v) is 13.8. The Morgan fingerprint density at radius 1 is 1.17 bits per heavy atom. The molecule has 1 aromatic carbocycles. The van der Waals surface area contributed by atoms with E-state index in [9.17, 15) is 9.59 Å². The molecule has 4 rings (SSSR count). The molecule has 2 amide bonds. The third-order valence-corrected chi connectivity index (χ3v) is 4.79. The van der Waals surface area contributed by atoms with Crippen LogP contribution >= 0.6 is 0 Å². The molecule has 2 fully saturated rings. The SMILES string of the molecule is Cc1ccc2c(C(=O)N3CCCC3)cc(NC(=O)C3CC3)cc2n1. The van der Waals surface area contributed by atoms with Gasteiger partial charge >= 0.3 is 0 Å². The first kappa shape index (κ1) is 15.1. The first-order chi connectivity index (χ1) is 11.6. The highest BCUT2D eigenvalue weighted by molar-refractivity contribution is 6.08. The zero-order valence-electron chi connectivity index (χ0n) is 13.8. The van der Waals surface area contributed by atoms with E-state index in [2.05, 4.69) is 10.3 Å². The number of hydrogen-bond donors (Lipinski definition) is 1. The molecule has 5 heteroatoms. The fourth-order valence-corrected chi connectivity index (χ4v) is 3.27. The Bertz CT molecular complexity index is 821. The van der Waals surface area contributed by atoms with Gasteiger partial charge in [-0.1, -0.05) is 6.07 Å². The number of aromatic nitrogens is 1. The van der Waals surface area contributed by atoms with Gasteiger partial charge in [0.25, 0.3) is 5.91 Å². The number of aryl methyl sites for hydroxylation is 1. The summed E-state index contributed by atoms with van der Waals surface area (Å²) >= 11 is 0. The van der Waals surface area contributed by atoms with E-state index in [1.165, 1.54) is 0 Å². The van der Waals surface area contributed by atoms with Gasteiger partial charge in [0.1, 0.15) is 0 Å². The van der Waals surface area contributed by atoms with Crippen LogP contribution in [0.1, 0.15) is 41.7 Å². The second kappa shape index (κ2) is 5.89. The maximum absolute atomic E-state index is 12.9. The maximum atomic E-state index is 12.9. The summed E-state index contributed by atoms with van der Waals surface area (Å²) in [5, 5.41) is 3.80. The molecule has 24 heavy (non-hydrogen) atoms. The maximum Gasteiger partial charge on any atom is 0.254 e. The molecule has 5 nitrogen and oxygen atoms in total. The number of likely N-dealkylation sites (tertiary alicyclic amines) is 1. The number of nitrogens with one attached hydrogen (secondary N) is 1. The second-order valence-corrected chi connectivity index (χ2v) is 6.81. The fraction of sp³-hybridized carbons (Fsp3) is 0.421. The molecule has 1 saturated heterocycles. The van der Waals surface area contributed by atoms with Crippen molar-refractivity contribution in [2.75, 3.05) is 18.4 Å². The van der Waals surface area contributed by atoms with Crippen molar-refractivity contribution in [1.29, 1.82) is 0 Å². The first-order valence-electron chi connectivity index (χ1n) is 8.63. The highest BCUT2D eigenvalue weighted by atomic mass is 16.2. The Balaban J connectivity index is 1.76. The number of fused-ring (bicyclic) bond motifs is 1. The molecular weight excluding hydrogens is 302 g/mol. The summed E-state index contributed by atoms with van der Waals surface area (Å²) < 4.78 is 0. The first-order valence-corrected chi connectivity index (χ1v) is 8.63. The molecule has 1 aromatic heterocycles. The number of hydrogen-bond acceptors (Lipinski definition) is 3. The summed E-state index contributed by atoms with van der Waals surface area (Å²) in [4.78, 5) is 31.4. The standard InChI is InChI=1S/C19H21N3O2/c1-12-4-7-15-16(19(24)22-8-2-3-9-22)10-14(11-17(15)20-12)21-18(23)13-5-6-13/h4,7,10-11,13H,2-3,5-6,8-9H2,1H3,(H,21,23). The van der Waals surface area contributed by atoms with Gasteiger partial charge in [-0.15, -0.1) is 0 Å². The number of rotatable bonds is 3. The Hall–Kier alpha value is -2.43. The van der Waals surface area contributed by atoms with Crippen LogP contribution in [0.25, 0.3) is 10.9 Å². The van der Waals surface area contributed by atoms with Gasteiger partial charge < -0.3 is 10.2 Å². The van der Waals surface area contributed by atoms with Crippen molar-refractivity contribution in [3.05, 3.63) is 35.5 Å². The lowest BCUT2D eigenvalue weighted by Crippen LogP contribution is -2.28. The number of pyridine rings is 1. The number of carbonyl (C=O) groups is 2. The Morgan fingerprint density at radius 3 is 2.62 bits per heavy atom. The summed E-state index contributed by atoms with van der Waals surface area (Å²) in [5.41, 5.74) is 2.95. The van der Waals surface area contributed by atoms with E-state index < -0.39 is 0 Å². The quantitative estimate of drug-likeness (QED) is 0.944. The van der Waals surface area contributed by atoms with Gasteiger partial charge in [-0.3, -0.25) is 14.6 Å². The van der Waals surface area contributed by atoms with E-state index in [1.54, 1.807) is 6.07 Å². The lowest BCUT2D eigenvalue weighted by molar-refractivity contribution is -0.117. The van der Waals surface area contributed by atoms with Gasteiger partial charge in [0.05, 0.1) is 11.1 Å². The Kier molecular flexibility index (Phi) is 3.71. The predicted octanol–water partition coefficient (Wildman–Crippen LogP) is 3.13. The van der Waals surface area contributed by atoms with Crippen LogP contribution in [0, 0.1) is 12.8 Å². The lowest BCUT2D eigenvalue weighted by Gasteiger charge is -2.18. The van der Waals surface area contributed by atoms with Crippen LogP contribution in [-0.2, 0) is 4.79 Å². The number of carbonyl (C=O) groups excluding carboxylic acids is 2. The third-order valence-electron chi connectivity index (χ3n) is 4.79. The minimum absolute atomic E-state index is 0.0330. The molecule has 124 valence electrons. The minimum atomic E-state index is 0.0330. The third kappa shape index (κ3) is 2.86. The number of benzene rings is 1. The van der Waals surface area contributed by atoms with Gasteiger partial charge in [-0.2, -0.15) is 0 Å². The predicted molar refractivity (Wildman–Crippen MR) is 93.0 cm³/mol. The second-order valence-electron chi connectivity index (χ2n) is 6.81. The normalized spacial score (nSPS) is 17.3. The van der Waals surface area contributed by atoms with Crippen molar-refractivity contribution < 1.29 is 9.59 Å². The van der Waals surface area contributed by atoms with Crippen molar-refractivity contribution >= 4 is 28.4 Å². The molecule has 2 heterocycles. The smallest absolute Gasteiger partial charge is 0.254 e. The number of nitrogens with zero attached hydrogens (tertiary/aromatic N) is 2. The van der Waals surface area contributed by atoms with Gasteiger partial charge in [0.2, 0.25) is 5.91 Å². The molecule has 1 N–H and O–H groups in total. The highest BCUT2D eigenvalue weighted by Crippen LogP contribution is 2.31. The largest absolute Gasteiger partial charge is 0.339 e. The van der Waals surface area contributed by atoms with E-state index in [0.717, 1.165) is 55.4 Å². The molecule has 0 radical (unpaired) electrons. The van der Waals surface area contributed by atoms with Crippen LogP contribution in [-0.4, -0.2) is 34.8 Å². The lowest BCUT2D eigenvalue weighted by atomic mass is 10.0. The number of anilines is 1. The summed E-state index contributed by atoms with van der Waals surface area (Å²) in [6.45, 7) is 3.54. The summed E-state index contributed by atoms with van der Waals surface area (Å²) in [7, 11) is 0. The highest BCUT2D eigenvalue weighted by Gasteiger charge is 2.30. The van der Waals surface area contributed by atoms with Crippen LogP contribution in [0.2, 0.25) is 0 Å². The molecule has 0 atom stereocenters. The molecule has 1 aliphatic heterocycles. The number of amides is 2. The summed E-state index contributed by atoms with van der Waals surface area (Å²) in [5.74, 6) is 0.205. The van der Waals surface area contributed by atoms with Crippen molar-refractivity contribution in [1.82, 2.24) is 9.88 Å². The van der Waals surface area contributed by atoms with Crippen molar-refractivity contribution in [3.63, 3.8) is 0 Å². The summed E-state index contributed by atoms with van der Waals surface area (Å²) in [6, 6.07) is 7.54. The monoisotopic (exact) mass is 323 g/mol. The molecule has 1 aliphatic carbocycles.